The summed E-state index contributed by atoms with van der Waals surface area (Å²) in [6.07, 6.45) is 6.28. The van der Waals surface area contributed by atoms with E-state index < -0.39 is 4.92 Å². The number of fused-ring (bicyclic) bond motifs is 1. The maximum Gasteiger partial charge on any atom is 0.269 e. The number of nitrogens with one attached hydrogen (secondary N) is 2. The van der Waals surface area contributed by atoms with Crippen LogP contribution in [0.1, 0.15) is 16.7 Å². The molecule has 0 radical (unpaired) electrons. The summed E-state index contributed by atoms with van der Waals surface area (Å²) in [7, 11) is 4.11. The van der Waals surface area contributed by atoms with Crippen LogP contribution in [0.25, 0.3) is 17.0 Å². The lowest BCUT2D eigenvalue weighted by atomic mass is 10.1. The molecule has 7 nitrogen and oxygen atoms in total. The van der Waals surface area contributed by atoms with E-state index in [0.717, 1.165) is 29.6 Å². The molecule has 0 atom stereocenters. The Bertz CT molecular complexity index is 1040. The number of nitro benzene ring substituents is 1. The molecule has 0 aliphatic carbocycles. The van der Waals surface area contributed by atoms with Gasteiger partial charge in [-0.15, -0.1) is 0 Å². The SMILES string of the molecule is CN(C)CCc1c[nH]c2ccc(C=CC(=O)NCc3ccc([N+](=O)[O-])cc3)cc12. The number of carbonyl (C=O) groups excluding carboxylic acids is 1. The topological polar surface area (TPSA) is 91.3 Å². The molecule has 1 heterocycles. The maximum absolute atomic E-state index is 12.1. The van der Waals surface area contributed by atoms with E-state index in [1.54, 1.807) is 18.2 Å². The van der Waals surface area contributed by atoms with Crippen LogP contribution in [0.15, 0.2) is 54.7 Å². The molecular weight excluding hydrogens is 368 g/mol. The predicted octanol–water partition coefficient (Wildman–Crippen LogP) is 3.51. The van der Waals surface area contributed by atoms with Crippen molar-refractivity contribution in [3.8, 4) is 0 Å². The first kappa shape index (κ1) is 20.3. The number of hydrogen-bond acceptors (Lipinski definition) is 4. The fourth-order valence-corrected chi connectivity index (χ4v) is 3.01. The van der Waals surface area contributed by atoms with Crippen molar-refractivity contribution >= 4 is 28.6 Å². The molecule has 0 spiro atoms. The number of aromatic amines is 1. The van der Waals surface area contributed by atoms with Crippen LogP contribution >= 0.6 is 0 Å². The fourth-order valence-electron chi connectivity index (χ4n) is 3.01. The quantitative estimate of drug-likeness (QED) is 0.349. The highest BCUT2D eigenvalue weighted by molar-refractivity contribution is 5.93. The Morgan fingerprint density at radius 1 is 1.21 bits per heavy atom. The van der Waals surface area contributed by atoms with Crippen molar-refractivity contribution in [1.82, 2.24) is 15.2 Å². The van der Waals surface area contributed by atoms with E-state index in [1.165, 1.54) is 29.2 Å². The largest absolute Gasteiger partial charge is 0.361 e. The normalized spacial score (nSPS) is 11.4. The van der Waals surface area contributed by atoms with E-state index in [-0.39, 0.29) is 11.6 Å². The van der Waals surface area contributed by atoms with E-state index >= 15 is 0 Å². The number of likely N-dealkylation sites (N-methyl/N-ethyl adjacent to an activating group) is 1. The highest BCUT2D eigenvalue weighted by Crippen LogP contribution is 2.21. The second-order valence-electron chi connectivity index (χ2n) is 7.15. The van der Waals surface area contributed by atoms with E-state index in [4.69, 9.17) is 0 Å². The summed E-state index contributed by atoms with van der Waals surface area (Å²) in [4.78, 5) is 27.8. The lowest BCUT2D eigenvalue weighted by molar-refractivity contribution is -0.384. The summed E-state index contributed by atoms with van der Waals surface area (Å²) < 4.78 is 0. The number of amides is 1. The molecule has 2 aromatic carbocycles. The third-order valence-corrected chi connectivity index (χ3v) is 4.66. The van der Waals surface area contributed by atoms with Gasteiger partial charge in [-0.25, -0.2) is 0 Å². The Labute approximate surface area is 169 Å². The van der Waals surface area contributed by atoms with Gasteiger partial charge in [-0.2, -0.15) is 0 Å². The zero-order valence-corrected chi connectivity index (χ0v) is 16.5. The van der Waals surface area contributed by atoms with Gasteiger partial charge in [-0.1, -0.05) is 18.2 Å². The molecule has 3 rings (SSSR count). The van der Waals surface area contributed by atoms with Crippen LogP contribution in [0.4, 0.5) is 5.69 Å². The van der Waals surface area contributed by atoms with Crippen molar-refractivity contribution in [3.63, 3.8) is 0 Å². The summed E-state index contributed by atoms with van der Waals surface area (Å²) in [5, 5.41) is 14.6. The summed E-state index contributed by atoms with van der Waals surface area (Å²) in [6.45, 7) is 1.28. The molecule has 1 aromatic heterocycles. The monoisotopic (exact) mass is 392 g/mol. The first-order valence-corrected chi connectivity index (χ1v) is 9.36. The second kappa shape index (κ2) is 9.16. The molecule has 1 amide bonds. The molecule has 150 valence electrons. The first-order chi connectivity index (χ1) is 13.9. The molecule has 0 aliphatic rings. The van der Waals surface area contributed by atoms with Crippen LogP contribution in [-0.4, -0.2) is 41.4 Å². The summed E-state index contributed by atoms with van der Waals surface area (Å²) in [5.74, 6) is -0.217. The van der Waals surface area contributed by atoms with Crippen molar-refractivity contribution < 1.29 is 9.72 Å². The van der Waals surface area contributed by atoms with E-state index in [2.05, 4.69) is 35.4 Å². The number of hydrogen-bond donors (Lipinski definition) is 2. The summed E-state index contributed by atoms with van der Waals surface area (Å²) in [6, 6.07) is 12.2. The average molecular weight is 392 g/mol. The predicted molar refractivity (Wildman–Crippen MR) is 115 cm³/mol. The minimum Gasteiger partial charge on any atom is -0.361 e. The van der Waals surface area contributed by atoms with Crippen LogP contribution in [0.3, 0.4) is 0 Å². The third-order valence-electron chi connectivity index (χ3n) is 4.66. The van der Waals surface area contributed by atoms with Gasteiger partial charge in [0.05, 0.1) is 4.92 Å². The number of benzene rings is 2. The molecular formula is C22H24N4O3. The minimum atomic E-state index is -0.446. The number of nitro groups is 1. The highest BCUT2D eigenvalue weighted by atomic mass is 16.6. The van der Waals surface area contributed by atoms with Gasteiger partial charge in [0, 0.05) is 48.4 Å². The number of carbonyl (C=O) groups is 1. The molecule has 0 fully saturated rings. The van der Waals surface area contributed by atoms with Gasteiger partial charge in [0.1, 0.15) is 0 Å². The van der Waals surface area contributed by atoms with E-state index in [0.29, 0.717) is 6.54 Å². The van der Waals surface area contributed by atoms with Crippen molar-refractivity contribution in [3.05, 3.63) is 81.5 Å². The van der Waals surface area contributed by atoms with Crippen molar-refractivity contribution in [2.45, 2.75) is 13.0 Å². The lowest BCUT2D eigenvalue weighted by Gasteiger charge is -2.08. The molecule has 0 unspecified atom stereocenters. The Morgan fingerprint density at radius 3 is 2.66 bits per heavy atom. The van der Waals surface area contributed by atoms with Crippen LogP contribution in [0, 0.1) is 10.1 Å². The smallest absolute Gasteiger partial charge is 0.269 e. The zero-order chi connectivity index (χ0) is 20.8. The van der Waals surface area contributed by atoms with E-state index in [1.807, 2.05) is 18.3 Å². The van der Waals surface area contributed by atoms with Crippen LogP contribution in [0.2, 0.25) is 0 Å². The molecule has 2 N–H and O–H groups in total. The van der Waals surface area contributed by atoms with E-state index in [9.17, 15) is 14.9 Å². The molecule has 29 heavy (non-hydrogen) atoms. The standard InChI is InChI=1S/C22H24N4O3/c1-25(2)12-11-18-15-23-21-9-5-16(13-20(18)21)6-10-22(27)24-14-17-3-7-19(8-4-17)26(28)29/h3-10,13,15,23H,11-12,14H2,1-2H3,(H,24,27). The van der Waals surface area contributed by atoms with Crippen molar-refractivity contribution in [1.29, 1.82) is 0 Å². The van der Waals surface area contributed by atoms with Crippen LogP contribution in [-0.2, 0) is 17.8 Å². The zero-order valence-electron chi connectivity index (χ0n) is 16.5. The second-order valence-corrected chi connectivity index (χ2v) is 7.15. The Hall–Kier alpha value is -3.45. The fraction of sp³-hybridized carbons (Fsp3) is 0.227. The Kier molecular flexibility index (Phi) is 6.41. The molecule has 3 aromatic rings. The molecule has 7 heteroatoms. The van der Waals surface area contributed by atoms with Gasteiger partial charge in [0.25, 0.3) is 5.69 Å². The number of H-pyrrole nitrogens is 1. The van der Waals surface area contributed by atoms with Gasteiger partial charge in [0.15, 0.2) is 0 Å². The number of nitrogens with zero attached hydrogens (tertiary/aromatic N) is 2. The summed E-state index contributed by atoms with van der Waals surface area (Å²) >= 11 is 0. The van der Waals surface area contributed by atoms with Gasteiger partial charge in [-0.05, 0) is 55.4 Å². The highest BCUT2D eigenvalue weighted by Gasteiger charge is 2.06. The number of rotatable bonds is 8. The molecule has 0 saturated carbocycles. The Balaban J connectivity index is 1.61. The lowest BCUT2D eigenvalue weighted by Crippen LogP contribution is -2.20. The van der Waals surface area contributed by atoms with Crippen LogP contribution in [0.5, 0.6) is 0 Å². The third kappa shape index (κ3) is 5.52. The van der Waals surface area contributed by atoms with Gasteiger partial charge < -0.3 is 15.2 Å². The molecule has 0 saturated heterocycles. The molecule has 0 bridgehead atoms. The number of aromatic nitrogens is 1. The average Bonchev–Trinajstić information content (AvgIpc) is 3.11. The minimum absolute atomic E-state index is 0.0325. The van der Waals surface area contributed by atoms with Gasteiger partial charge in [-0.3, -0.25) is 14.9 Å². The summed E-state index contributed by atoms with van der Waals surface area (Å²) in [5.41, 5.74) is 4.13. The Morgan fingerprint density at radius 2 is 1.97 bits per heavy atom. The van der Waals surface area contributed by atoms with Crippen molar-refractivity contribution in [2.75, 3.05) is 20.6 Å². The van der Waals surface area contributed by atoms with Gasteiger partial charge in [0.2, 0.25) is 5.91 Å². The maximum atomic E-state index is 12.1. The van der Waals surface area contributed by atoms with Crippen molar-refractivity contribution in [2.24, 2.45) is 0 Å². The first-order valence-electron chi connectivity index (χ1n) is 9.36. The van der Waals surface area contributed by atoms with Gasteiger partial charge >= 0.3 is 0 Å². The molecule has 0 aliphatic heterocycles. The van der Waals surface area contributed by atoms with Crippen LogP contribution < -0.4 is 5.32 Å². The number of non-ortho nitro benzene ring substituents is 1.